The van der Waals surface area contributed by atoms with E-state index in [4.69, 9.17) is 11.6 Å². The molecule has 0 saturated heterocycles. The Hall–Kier alpha value is 0.0500. The Labute approximate surface area is 64.5 Å². The second-order valence-corrected chi connectivity index (χ2v) is 2.86. The minimum Gasteiger partial charge on any atom is -0.299 e. The molecule has 0 aliphatic heterocycles. The van der Waals surface area contributed by atoms with Crippen molar-refractivity contribution >= 4 is 29.1 Å². The third kappa shape index (κ3) is 8.05. The van der Waals surface area contributed by atoms with E-state index in [0.29, 0.717) is 5.75 Å². The Bertz CT molecular complexity index is 112. The van der Waals surface area contributed by atoms with E-state index in [9.17, 15) is 4.79 Å². The van der Waals surface area contributed by atoms with Crippen molar-refractivity contribution in [2.45, 2.75) is 6.92 Å². The molecule has 9 heavy (non-hydrogen) atoms. The maximum absolute atomic E-state index is 10.3. The summed E-state index contributed by atoms with van der Waals surface area (Å²) in [6.07, 6.45) is 1.81. The zero-order valence-electron chi connectivity index (χ0n) is 5.26. The van der Waals surface area contributed by atoms with E-state index in [0.717, 1.165) is 5.75 Å². The summed E-state index contributed by atoms with van der Waals surface area (Å²) < 4.78 is 0. The van der Waals surface area contributed by atoms with Crippen LogP contribution in [0.4, 0.5) is 0 Å². The minimum atomic E-state index is 0.211. The number of hydrogen-bond acceptors (Lipinski definition) is 2. The molecule has 0 amide bonds. The maximum Gasteiger partial charge on any atom is 0.139 e. The van der Waals surface area contributed by atoms with E-state index < -0.39 is 0 Å². The van der Waals surface area contributed by atoms with Crippen LogP contribution in [0.2, 0.25) is 0 Å². The summed E-state index contributed by atoms with van der Waals surface area (Å²) in [7, 11) is 0. The Balaban J connectivity index is 3.01. The summed E-state index contributed by atoms with van der Waals surface area (Å²) in [6, 6.07) is 0. The molecule has 0 bridgehead atoms. The molecule has 0 aromatic heterocycles. The van der Waals surface area contributed by atoms with Gasteiger partial charge in [0, 0.05) is 11.3 Å². The molecule has 0 aliphatic carbocycles. The monoisotopic (exact) mass is 164 g/mol. The molecular weight excluding hydrogens is 156 g/mol. The number of hydrogen-bond donors (Lipinski definition) is 0. The molecule has 0 aromatic carbocycles. The lowest BCUT2D eigenvalue weighted by atomic mass is 10.5. The normalized spacial score (nSPS) is 10.4. The van der Waals surface area contributed by atoms with E-state index >= 15 is 0 Å². The molecule has 0 unspecified atom stereocenters. The van der Waals surface area contributed by atoms with Gasteiger partial charge in [-0.25, -0.2) is 0 Å². The molecule has 0 N–H and O–H groups in total. The topological polar surface area (TPSA) is 17.1 Å². The van der Waals surface area contributed by atoms with Crippen LogP contribution < -0.4 is 0 Å². The quantitative estimate of drug-likeness (QED) is 0.592. The van der Waals surface area contributed by atoms with Crippen molar-refractivity contribution in [3.8, 4) is 0 Å². The molecule has 0 aliphatic rings. The van der Waals surface area contributed by atoms with E-state index in [2.05, 4.69) is 0 Å². The van der Waals surface area contributed by atoms with E-state index in [-0.39, 0.29) is 5.78 Å². The Morgan fingerprint density at radius 1 is 1.78 bits per heavy atom. The van der Waals surface area contributed by atoms with Crippen LogP contribution in [0.5, 0.6) is 0 Å². The van der Waals surface area contributed by atoms with Crippen LogP contribution in [-0.4, -0.2) is 17.3 Å². The first-order valence-electron chi connectivity index (χ1n) is 2.59. The highest BCUT2D eigenvalue weighted by molar-refractivity contribution is 8.00. The van der Waals surface area contributed by atoms with Gasteiger partial charge in [-0.2, -0.15) is 0 Å². The fraction of sp³-hybridized carbons (Fsp3) is 0.500. The minimum absolute atomic E-state index is 0.211. The molecule has 0 radical (unpaired) electrons. The molecule has 0 atom stereocenters. The second kappa shape index (κ2) is 6.17. The highest BCUT2D eigenvalue weighted by Crippen LogP contribution is 1.99. The highest BCUT2D eigenvalue weighted by atomic mass is 35.5. The zero-order chi connectivity index (χ0) is 7.11. The van der Waals surface area contributed by atoms with Crippen LogP contribution in [0, 0.1) is 0 Å². The first kappa shape index (κ1) is 9.05. The molecule has 52 valence electrons. The van der Waals surface area contributed by atoms with Crippen molar-refractivity contribution in [3.63, 3.8) is 0 Å². The van der Waals surface area contributed by atoms with Gasteiger partial charge in [0.25, 0.3) is 0 Å². The average Bonchev–Trinajstić information content (AvgIpc) is 1.80. The lowest BCUT2D eigenvalue weighted by molar-refractivity contribution is -0.114. The van der Waals surface area contributed by atoms with Gasteiger partial charge in [-0.3, -0.25) is 4.79 Å². The molecule has 0 fully saturated rings. The lowest BCUT2D eigenvalue weighted by Crippen LogP contribution is -1.92. The van der Waals surface area contributed by atoms with Gasteiger partial charge >= 0.3 is 0 Å². The molecule has 0 spiro atoms. The summed E-state index contributed by atoms with van der Waals surface area (Å²) in [6.45, 7) is 1.58. The largest absolute Gasteiger partial charge is 0.299 e. The number of thioether (sulfide) groups is 1. The predicted octanol–water partition coefficient (Wildman–Crippen LogP) is 2.06. The standard InChI is InChI=1S/C6H9ClOS/c1-6(8)5-9-4-2-3-7/h2-3H,4-5H2,1H3/b3-2+. The fourth-order valence-electron chi connectivity index (χ4n) is 0.307. The zero-order valence-corrected chi connectivity index (χ0v) is 6.84. The second-order valence-electron chi connectivity index (χ2n) is 1.58. The summed E-state index contributed by atoms with van der Waals surface area (Å²) in [5, 5.41) is 0. The van der Waals surface area contributed by atoms with Gasteiger partial charge in [0.15, 0.2) is 0 Å². The SMILES string of the molecule is CC(=O)CSC/C=C/Cl. The number of carbonyl (C=O) groups is 1. The number of ketones is 1. The first-order chi connectivity index (χ1) is 4.27. The Kier molecular flexibility index (Phi) is 6.21. The van der Waals surface area contributed by atoms with Gasteiger partial charge in [0.1, 0.15) is 5.78 Å². The van der Waals surface area contributed by atoms with Crippen molar-refractivity contribution < 1.29 is 4.79 Å². The van der Waals surface area contributed by atoms with Crippen molar-refractivity contribution in [3.05, 3.63) is 11.6 Å². The van der Waals surface area contributed by atoms with E-state index in [1.807, 2.05) is 6.08 Å². The third-order valence-corrected chi connectivity index (χ3v) is 1.83. The van der Waals surface area contributed by atoms with Crippen LogP contribution in [0.25, 0.3) is 0 Å². The van der Waals surface area contributed by atoms with Gasteiger partial charge in [-0.15, -0.1) is 11.8 Å². The van der Waals surface area contributed by atoms with Gasteiger partial charge in [-0.1, -0.05) is 17.7 Å². The highest BCUT2D eigenvalue weighted by Gasteiger charge is 1.89. The molecule has 3 heteroatoms. The van der Waals surface area contributed by atoms with Crippen molar-refractivity contribution in [1.29, 1.82) is 0 Å². The molecular formula is C6H9ClOS. The van der Waals surface area contributed by atoms with Crippen molar-refractivity contribution in [2.75, 3.05) is 11.5 Å². The number of carbonyl (C=O) groups excluding carboxylic acids is 1. The molecule has 0 heterocycles. The molecule has 0 aromatic rings. The average molecular weight is 165 g/mol. The van der Waals surface area contributed by atoms with Gasteiger partial charge in [-0.05, 0) is 6.92 Å². The molecule has 1 nitrogen and oxygen atoms in total. The number of Topliss-reactive ketones (excluding diaryl/α,β-unsaturated/α-hetero) is 1. The van der Waals surface area contributed by atoms with Crippen molar-refractivity contribution in [1.82, 2.24) is 0 Å². The smallest absolute Gasteiger partial charge is 0.139 e. The van der Waals surface area contributed by atoms with Crippen LogP contribution in [0.3, 0.4) is 0 Å². The maximum atomic E-state index is 10.3. The van der Waals surface area contributed by atoms with Crippen LogP contribution in [-0.2, 0) is 4.79 Å². The number of rotatable bonds is 4. The summed E-state index contributed by atoms with van der Waals surface area (Å²) in [5.74, 6) is 1.62. The Morgan fingerprint density at radius 2 is 2.44 bits per heavy atom. The van der Waals surface area contributed by atoms with Gasteiger partial charge < -0.3 is 0 Å². The summed E-state index contributed by atoms with van der Waals surface area (Å²) >= 11 is 6.80. The van der Waals surface area contributed by atoms with E-state index in [1.54, 1.807) is 18.7 Å². The van der Waals surface area contributed by atoms with Crippen LogP contribution in [0.1, 0.15) is 6.92 Å². The van der Waals surface area contributed by atoms with Crippen molar-refractivity contribution in [2.24, 2.45) is 0 Å². The van der Waals surface area contributed by atoms with Crippen LogP contribution >= 0.6 is 23.4 Å². The van der Waals surface area contributed by atoms with E-state index in [1.165, 1.54) is 5.54 Å². The fourth-order valence-corrected chi connectivity index (χ4v) is 1.14. The molecule has 0 saturated carbocycles. The molecule has 0 rings (SSSR count). The van der Waals surface area contributed by atoms with Crippen LogP contribution in [0.15, 0.2) is 11.6 Å². The summed E-state index contributed by atoms with van der Waals surface area (Å²) in [5.41, 5.74) is 1.47. The number of halogens is 1. The third-order valence-electron chi connectivity index (χ3n) is 0.608. The van der Waals surface area contributed by atoms with Gasteiger partial charge in [0.05, 0.1) is 5.75 Å². The predicted molar refractivity (Wildman–Crippen MR) is 43.0 cm³/mol. The summed E-state index contributed by atoms with van der Waals surface area (Å²) in [4.78, 5) is 10.3. The first-order valence-corrected chi connectivity index (χ1v) is 4.19. The Morgan fingerprint density at radius 3 is 2.89 bits per heavy atom. The lowest BCUT2D eigenvalue weighted by Gasteiger charge is -1.89. The van der Waals surface area contributed by atoms with Gasteiger partial charge in [0.2, 0.25) is 0 Å².